The number of nitrogens with zero attached hydrogens (tertiary/aromatic N) is 1. The maximum Gasteiger partial charge on any atom is 0.222 e. The summed E-state index contributed by atoms with van der Waals surface area (Å²) in [5.41, 5.74) is 0.726. The fourth-order valence-electron chi connectivity index (χ4n) is 2.96. The lowest BCUT2D eigenvalue weighted by Gasteiger charge is -2.31. The van der Waals surface area contributed by atoms with Gasteiger partial charge in [-0.05, 0) is 57.1 Å². The molecule has 0 unspecified atom stereocenters. The molecule has 1 aliphatic heterocycles. The molecule has 0 aromatic heterocycles. The molecule has 5 heteroatoms. The predicted molar refractivity (Wildman–Crippen MR) is 89.8 cm³/mol. The molecule has 0 saturated carbocycles. The van der Waals surface area contributed by atoms with E-state index < -0.39 is 0 Å². The van der Waals surface area contributed by atoms with E-state index in [0.29, 0.717) is 19.5 Å². The first kappa shape index (κ1) is 17.5. The number of piperidine rings is 1. The molecule has 1 N–H and O–H groups in total. The van der Waals surface area contributed by atoms with Gasteiger partial charge in [-0.15, -0.1) is 0 Å². The van der Waals surface area contributed by atoms with E-state index in [0.717, 1.165) is 37.1 Å². The van der Waals surface area contributed by atoms with Crippen molar-refractivity contribution >= 4 is 11.7 Å². The molecular formula is C18H26N2O3. The molecule has 1 amide bonds. The van der Waals surface area contributed by atoms with Crippen LogP contribution in [0.4, 0.5) is 0 Å². The number of hydrogen-bond acceptors (Lipinski definition) is 4. The zero-order valence-corrected chi connectivity index (χ0v) is 14.0. The first-order valence-electron chi connectivity index (χ1n) is 8.26. The summed E-state index contributed by atoms with van der Waals surface area (Å²) < 4.78 is 5.12. The van der Waals surface area contributed by atoms with Crippen LogP contribution in [0.3, 0.4) is 0 Å². The lowest BCUT2D eigenvalue weighted by Crippen LogP contribution is -2.40. The quantitative estimate of drug-likeness (QED) is 0.618. The number of hydrogen-bond donors (Lipinski definition) is 1. The van der Waals surface area contributed by atoms with Gasteiger partial charge in [-0.25, -0.2) is 0 Å². The van der Waals surface area contributed by atoms with E-state index in [1.165, 1.54) is 0 Å². The number of Topliss-reactive ketones (excluding diaryl/α,β-unsaturated/α-hetero) is 1. The van der Waals surface area contributed by atoms with E-state index >= 15 is 0 Å². The van der Waals surface area contributed by atoms with Gasteiger partial charge in [-0.1, -0.05) is 0 Å². The zero-order valence-electron chi connectivity index (χ0n) is 14.0. The van der Waals surface area contributed by atoms with Crippen LogP contribution in [0, 0.1) is 5.92 Å². The molecule has 1 heterocycles. The van der Waals surface area contributed by atoms with Crippen LogP contribution in [0.5, 0.6) is 5.75 Å². The SMILES string of the molecule is CNCCCC(=O)N1CCC(C(=O)c2ccc(OC)cc2)CC1. The molecule has 2 rings (SSSR count). The standard InChI is InChI=1S/C18H26N2O3/c1-19-11-3-4-17(21)20-12-9-15(10-13-20)18(22)14-5-7-16(23-2)8-6-14/h5-8,15,19H,3-4,9-13H2,1-2H3. The average Bonchev–Trinajstić information content (AvgIpc) is 2.61. The summed E-state index contributed by atoms with van der Waals surface area (Å²) in [5, 5.41) is 3.05. The van der Waals surface area contributed by atoms with Crippen LogP contribution in [0.25, 0.3) is 0 Å². The van der Waals surface area contributed by atoms with Crippen LogP contribution >= 0.6 is 0 Å². The number of ketones is 1. The van der Waals surface area contributed by atoms with Crippen LogP contribution in [-0.4, -0.2) is 50.4 Å². The first-order valence-corrected chi connectivity index (χ1v) is 8.26. The molecule has 1 aliphatic rings. The largest absolute Gasteiger partial charge is 0.497 e. The Morgan fingerprint density at radius 3 is 2.43 bits per heavy atom. The lowest BCUT2D eigenvalue weighted by molar-refractivity contribution is -0.132. The van der Waals surface area contributed by atoms with E-state index in [4.69, 9.17) is 4.74 Å². The van der Waals surface area contributed by atoms with Crippen LogP contribution < -0.4 is 10.1 Å². The molecule has 5 nitrogen and oxygen atoms in total. The van der Waals surface area contributed by atoms with Crippen molar-refractivity contribution in [3.8, 4) is 5.75 Å². The topological polar surface area (TPSA) is 58.6 Å². The number of benzene rings is 1. The van der Waals surface area contributed by atoms with Crippen molar-refractivity contribution < 1.29 is 14.3 Å². The van der Waals surface area contributed by atoms with Gasteiger partial charge in [0.25, 0.3) is 0 Å². The number of nitrogens with one attached hydrogen (secondary N) is 1. The van der Waals surface area contributed by atoms with Crippen molar-refractivity contribution in [2.24, 2.45) is 5.92 Å². The summed E-state index contributed by atoms with van der Waals surface area (Å²) in [6.45, 7) is 2.23. The molecule has 23 heavy (non-hydrogen) atoms. The fraction of sp³-hybridized carbons (Fsp3) is 0.556. The Morgan fingerprint density at radius 1 is 1.22 bits per heavy atom. The third kappa shape index (κ3) is 4.79. The van der Waals surface area contributed by atoms with E-state index in [1.807, 2.05) is 36.2 Å². The number of ether oxygens (including phenoxy) is 1. The molecule has 0 radical (unpaired) electrons. The van der Waals surface area contributed by atoms with Gasteiger partial charge >= 0.3 is 0 Å². The highest BCUT2D eigenvalue weighted by atomic mass is 16.5. The van der Waals surface area contributed by atoms with Crippen molar-refractivity contribution in [3.63, 3.8) is 0 Å². The normalized spacial score (nSPS) is 15.5. The summed E-state index contributed by atoms with van der Waals surface area (Å²) in [6.07, 6.45) is 2.95. The number of amides is 1. The van der Waals surface area contributed by atoms with Crippen molar-refractivity contribution in [3.05, 3.63) is 29.8 Å². The van der Waals surface area contributed by atoms with E-state index in [2.05, 4.69) is 5.32 Å². The second-order valence-corrected chi connectivity index (χ2v) is 5.95. The highest BCUT2D eigenvalue weighted by Gasteiger charge is 2.27. The molecule has 1 aromatic rings. The summed E-state index contributed by atoms with van der Waals surface area (Å²) in [7, 11) is 3.50. The minimum Gasteiger partial charge on any atom is -0.497 e. The molecule has 1 fully saturated rings. The van der Waals surface area contributed by atoms with Crippen molar-refractivity contribution in [2.45, 2.75) is 25.7 Å². The van der Waals surface area contributed by atoms with Crippen molar-refractivity contribution in [1.82, 2.24) is 10.2 Å². The van der Waals surface area contributed by atoms with Crippen molar-refractivity contribution in [2.75, 3.05) is 33.8 Å². The molecule has 0 atom stereocenters. The molecule has 1 aromatic carbocycles. The smallest absolute Gasteiger partial charge is 0.222 e. The number of likely N-dealkylation sites (tertiary alicyclic amines) is 1. The number of rotatable bonds is 7. The Morgan fingerprint density at radius 2 is 1.87 bits per heavy atom. The Kier molecular flexibility index (Phi) is 6.59. The van der Waals surface area contributed by atoms with Gasteiger partial charge in [0.2, 0.25) is 5.91 Å². The van der Waals surface area contributed by atoms with Gasteiger partial charge in [0.1, 0.15) is 5.75 Å². The number of carbonyl (C=O) groups excluding carboxylic acids is 2. The second kappa shape index (κ2) is 8.67. The summed E-state index contributed by atoms with van der Waals surface area (Å²) in [4.78, 5) is 26.5. The van der Waals surface area contributed by atoms with Crippen LogP contribution in [-0.2, 0) is 4.79 Å². The highest BCUT2D eigenvalue weighted by molar-refractivity contribution is 5.98. The van der Waals surface area contributed by atoms with Gasteiger partial charge in [-0.2, -0.15) is 0 Å². The Hall–Kier alpha value is -1.88. The molecular weight excluding hydrogens is 292 g/mol. The Balaban J connectivity index is 1.83. The Bertz CT molecular complexity index is 520. The molecule has 126 valence electrons. The van der Waals surface area contributed by atoms with Gasteiger partial charge < -0.3 is 15.0 Å². The molecule has 0 bridgehead atoms. The Labute approximate surface area is 138 Å². The maximum atomic E-state index is 12.5. The van der Waals surface area contributed by atoms with Crippen LogP contribution in [0.15, 0.2) is 24.3 Å². The van der Waals surface area contributed by atoms with E-state index in [1.54, 1.807) is 7.11 Å². The van der Waals surface area contributed by atoms with E-state index in [9.17, 15) is 9.59 Å². The van der Waals surface area contributed by atoms with Gasteiger partial charge in [-0.3, -0.25) is 9.59 Å². The zero-order chi connectivity index (χ0) is 16.7. The predicted octanol–water partition coefficient (Wildman–Crippen LogP) is 2.12. The monoisotopic (exact) mass is 318 g/mol. The van der Waals surface area contributed by atoms with Gasteiger partial charge in [0.05, 0.1) is 7.11 Å². The van der Waals surface area contributed by atoms with Crippen LogP contribution in [0.1, 0.15) is 36.0 Å². The summed E-state index contributed by atoms with van der Waals surface area (Å²) in [6, 6.07) is 7.26. The van der Waals surface area contributed by atoms with Crippen molar-refractivity contribution in [1.29, 1.82) is 0 Å². The minimum absolute atomic E-state index is 0.0183. The summed E-state index contributed by atoms with van der Waals surface area (Å²) in [5.74, 6) is 1.15. The number of carbonyl (C=O) groups is 2. The maximum absolute atomic E-state index is 12.5. The molecule has 0 aliphatic carbocycles. The van der Waals surface area contributed by atoms with Crippen LogP contribution in [0.2, 0.25) is 0 Å². The minimum atomic E-state index is 0.0183. The summed E-state index contributed by atoms with van der Waals surface area (Å²) >= 11 is 0. The fourth-order valence-corrected chi connectivity index (χ4v) is 2.96. The highest BCUT2D eigenvalue weighted by Crippen LogP contribution is 2.23. The van der Waals surface area contributed by atoms with Gasteiger partial charge in [0.15, 0.2) is 5.78 Å². The van der Waals surface area contributed by atoms with E-state index in [-0.39, 0.29) is 17.6 Å². The van der Waals surface area contributed by atoms with Gasteiger partial charge in [0, 0.05) is 31.0 Å². The molecule has 0 spiro atoms. The number of methoxy groups -OCH3 is 1. The average molecular weight is 318 g/mol. The lowest BCUT2D eigenvalue weighted by atomic mass is 9.88. The first-order chi connectivity index (χ1) is 11.2. The third-order valence-corrected chi connectivity index (χ3v) is 4.41. The third-order valence-electron chi connectivity index (χ3n) is 4.41. The second-order valence-electron chi connectivity index (χ2n) is 5.95. The molecule has 1 saturated heterocycles.